The molecule has 2 aromatic heterocycles. The second-order valence-corrected chi connectivity index (χ2v) is 7.03. The molecular weight excluding hydrogens is 298 g/mol. The van der Waals surface area contributed by atoms with Crippen LogP contribution in [0.1, 0.15) is 47.9 Å². The third-order valence-electron chi connectivity index (χ3n) is 5.19. The number of aromatic nitrogens is 3. The van der Waals surface area contributed by atoms with E-state index in [4.69, 9.17) is 9.97 Å². The van der Waals surface area contributed by atoms with Crippen LogP contribution in [0, 0.1) is 0 Å². The first kappa shape index (κ1) is 15.7. The summed E-state index contributed by atoms with van der Waals surface area (Å²) in [5, 5.41) is 0. The molecule has 0 radical (unpaired) electrons. The molecule has 0 aliphatic carbocycles. The Balaban J connectivity index is 1.56. The summed E-state index contributed by atoms with van der Waals surface area (Å²) >= 11 is 0. The van der Waals surface area contributed by atoms with E-state index < -0.39 is 0 Å². The van der Waals surface area contributed by atoms with Crippen LogP contribution < -0.4 is 0 Å². The van der Waals surface area contributed by atoms with E-state index in [0.717, 1.165) is 44.8 Å². The van der Waals surface area contributed by atoms with Gasteiger partial charge in [-0.15, -0.1) is 0 Å². The van der Waals surface area contributed by atoms with Crippen molar-refractivity contribution in [3.63, 3.8) is 0 Å². The van der Waals surface area contributed by atoms with E-state index in [0.29, 0.717) is 6.04 Å². The van der Waals surface area contributed by atoms with Gasteiger partial charge in [-0.3, -0.25) is 9.88 Å². The van der Waals surface area contributed by atoms with Crippen molar-refractivity contribution in [2.24, 2.45) is 0 Å². The van der Waals surface area contributed by atoms with Crippen LogP contribution in [0.4, 0.5) is 0 Å². The molecule has 2 aliphatic heterocycles. The van der Waals surface area contributed by atoms with Crippen molar-refractivity contribution in [2.45, 2.75) is 44.8 Å². The van der Waals surface area contributed by atoms with Crippen LogP contribution in [0.3, 0.4) is 0 Å². The van der Waals surface area contributed by atoms with Crippen LogP contribution in [0.5, 0.6) is 0 Å². The van der Waals surface area contributed by atoms with E-state index in [1.54, 1.807) is 0 Å². The number of likely N-dealkylation sites (tertiary alicyclic amines) is 1. The van der Waals surface area contributed by atoms with Gasteiger partial charge in [-0.25, -0.2) is 9.97 Å². The molecule has 0 N–H and O–H groups in total. The Hall–Kier alpha value is -1.85. The fourth-order valence-corrected chi connectivity index (χ4v) is 3.83. The normalized spacial score (nSPS) is 22.3. The number of fused-ring (bicyclic) bond motifs is 1. The highest BCUT2D eigenvalue weighted by Gasteiger charge is 2.27. The zero-order chi connectivity index (χ0) is 16.4. The lowest BCUT2D eigenvalue weighted by Crippen LogP contribution is -2.35. The highest BCUT2D eigenvalue weighted by molar-refractivity contribution is 5.21. The molecule has 0 bridgehead atoms. The molecule has 1 saturated heterocycles. The molecular formula is C19H25N5. The first-order chi connectivity index (χ1) is 11.8. The summed E-state index contributed by atoms with van der Waals surface area (Å²) in [7, 11) is 2.16. The van der Waals surface area contributed by atoms with Crippen molar-refractivity contribution < 1.29 is 0 Å². The summed E-state index contributed by atoms with van der Waals surface area (Å²) in [5.74, 6) is 1.02. The van der Waals surface area contributed by atoms with Gasteiger partial charge in [0.15, 0.2) is 0 Å². The SMILES string of the molecule is CN1CCc2nc(C3CCCCN3Cc3ccncc3)ncc2C1. The summed E-state index contributed by atoms with van der Waals surface area (Å²) in [4.78, 5) is 18.7. The van der Waals surface area contributed by atoms with E-state index in [1.807, 2.05) is 12.4 Å². The second-order valence-electron chi connectivity index (χ2n) is 7.03. The molecule has 4 heterocycles. The number of piperidine rings is 1. The van der Waals surface area contributed by atoms with E-state index >= 15 is 0 Å². The van der Waals surface area contributed by atoms with Crippen LogP contribution in [-0.2, 0) is 19.5 Å². The van der Waals surface area contributed by atoms with E-state index in [1.165, 1.54) is 29.7 Å². The molecule has 126 valence electrons. The third kappa shape index (κ3) is 3.32. The molecule has 4 rings (SSSR count). The maximum Gasteiger partial charge on any atom is 0.145 e. The largest absolute Gasteiger partial charge is 0.302 e. The number of nitrogens with zero attached hydrogens (tertiary/aromatic N) is 5. The van der Waals surface area contributed by atoms with E-state index in [2.05, 4.69) is 40.2 Å². The predicted molar refractivity (Wildman–Crippen MR) is 93.3 cm³/mol. The first-order valence-corrected chi connectivity index (χ1v) is 8.96. The van der Waals surface area contributed by atoms with Gasteiger partial charge >= 0.3 is 0 Å². The minimum Gasteiger partial charge on any atom is -0.302 e. The number of hydrogen-bond acceptors (Lipinski definition) is 5. The quantitative estimate of drug-likeness (QED) is 0.869. The summed E-state index contributed by atoms with van der Waals surface area (Å²) in [6.07, 6.45) is 10.5. The fourth-order valence-electron chi connectivity index (χ4n) is 3.83. The highest BCUT2D eigenvalue weighted by atomic mass is 15.2. The molecule has 24 heavy (non-hydrogen) atoms. The first-order valence-electron chi connectivity index (χ1n) is 8.96. The summed E-state index contributed by atoms with van der Waals surface area (Å²) < 4.78 is 0. The minimum atomic E-state index is 0.344. The Morgan fingerprint density at radius 1 is 1.17 bits per heavy atom. The van der Waals surface area contributed by atoms with Crippen LogP contribution in [0.25, 0.3) is 0 Å². The molecule has 0 amide bonds. The van der Waals surface area contributed by atoms with Crippen molar-refractivity contribution in [1.82, 2.24) is 24.8 Å². The van der Waals surface area contributed by atoms with E-state index in [-0.39, 0.29) is 0 Å². The Kier molecular flexibility index (Phi) is 4.54. The maximum absolute atomic E-state index is 4.97. The zero-order valence-electron chi connectivity index (χ0n) is 14.4. The van der Waals surface area contributed by atoms with Gasteiger partial charge in [-0.2, -0.15) is 0 Å². The van der Waals surface area contributed by atoms with Crippen LogP contribution in [0.2, 0.25) is 0 Å². The highest BCUT2D eigenvalue weighted by Crippen LogP contribution is 2.31. The molecule has 1 unspecified atom stereocenters. The molecule has 1 atom stereocenters. The molecule has 5 heteroatoms. The lowest BCUT2D eigenvalue weighted by atomic mass is 9.99. The topological polar surface area (TPSA) is 45.2 Å². The van der Waals surface area contributed by atoms with Crippen molar-refractivity contribution in [1.29, 1.82) is 0 Å². The number of rotatable bonds is 3. The van der Waals surface area contributed by atoms with Crippen LogP contribution in [-0.4, -0.2) is 44.9 Å². The van der Waals surface area contributed by atoms with Gasteiger partial charge in [0, 0.05) is 55.9 Å². The lowest BCUT2D eigenvalue weighted by molar-refractivity contribution is 0.133. The summed E-state index contributed by atoms with van der Waals surface area (Å²) in [6, 6.07) is 4.56. The Bertz CT molecular complexity index is 687. The Morgan fingerprint density at radius 2 is 2.04 bits per heavy atom. The molecule has 2 aliphatic rings. The van der Waals surface area contributed by atoms with Gasteiger partial charge in [-0.05, 0) is 44.1 Å². The molecule has 0 saturated carbocycles. The van der Waals surface area contributed by atoms with Gasteiger partial charge in [0.25, 0.3) is 0 Å². The average molecular weight is 323 g/mol. The smallest absolute Gasteiger partial charge is 0.145 e. The Labute approximate surface area is 143 Å². The van der Waals surface area contributed by atoms with Crippen molar-refractivity contribution in [3.8, 4) is 0 Å². The second kappa shape index (κ2) is 6.95. The molecule has 1 fully saturated rings. The number of hydrogen-bond donors (Lipinski definition) is 0. The van der Waals surface area contributed by atoms with Crippen LogP contribution >= 0.6 is 0 Å². The summed E-state index contributed by atoms with van der Waals surface area (Å²) in [6.45, 7) is 4.14. The average Bonchev–Trinajstić information content (AvgIpc) is 2.63. The van der Waals surface area contributed by atoms with Gasteiger partial charge in [-0.1, -0.05) is 6.42 Å². The van der Waals surface area contributed by atoms with E-state index in [9.17, 15) is 0 Å². The van der Waals surface area contributed by atoms with Crippen LogP contribution in [0.15, 0.2) is 30.7 Å². The van der Waals surface area contributed by atoms with Crippen molar-refractivity contribution in [3.05, 3.63) is 53.4 Å². The monoisotopic (exact) mass is 323 g/mol. The van der Waals surface area contributed by atoms with Crippen molar-refractivity contribution >= 4 is 0 Å². The zero-order valence-corrected chi connectivity index (χ0v) is 14.4. The number of likely N-dealkylation sites (N-methyl/N-ethyl adjacent to an activating group) is 1. The lowest BCUT2D eigenvalue weighted by Gasteiger charge is -2.35. The third-order valence-corrected chi connectivity index (χ3v) is 5.19. The molecule has 2 aromatic rings. The van der Waals surface area contributed by atoms with Gasteiger partial charge in [0.05, 0.1) is 6.04 Å². The molecule has 0 spiro atoms. The molecule has 0 aromatic carbocycles. The maximum atomic E-state index is 4.97. The minimum absolute atomic E-state index is 0.344. The Morgan fingerprint density at radius 3 is 2.92 bits per heavy atom. The number of pyridine rings is 1. The standard InChI is InChI=1S/C19H25N5/c1-23-11-7-17-16(14-23)12-21-19(22-17)18-4-2-3-10-24(18)13-15-5-8-20-9-6-15/h5-6,8-9,12,18H,2-4,7,10-11,13-14H2,1H3. The fraction of sp³-hybridized carbons (Fsp3) is 0.526. The predicted octanol–water partition coefficient (Wildman–Crippen LogP) is 2.59. The van der Waals surface area contributed by atoms with Gasteiger partial charge < -0.3 is 4.90 Å². The summed E-state index contributed by atoms with van der Waals surface area (Å²) in [5.41, 5.74) is 3.87. The van der Waals surface area contributed by atoms with Gasteiger partial charge in [0.1, 0.15) is 5.82 Å². The van der Waals surface area contributed by atoms with Gasteiger partial charge in [0.2, 0.25) is 0 Å². The molecule has 5 nitrogen and oxygen atoms in total. The van der Waals surface area contributed by atoms with Crippen molar-refractivity contribution in [2.75, 3.05) is 20.1 Å².